The van der Waals surface area contributed by atoms with Crippen LogP contribution in [0.5, 0.6) is 0 Å². The van der Waals surface area contributed by atoms with Crippen LogP contribution in [0.1, 0.15) is 29.1 Å². The molecule has 136 valence electrons. The molecule has 2 heterocycles. The van der Waals surface area contributed by atoms with Gasteiger partial charge in [0, 0.05) is 25.1 Å². The molecule has 0 bridgehead atoms. The Labute approximate surface area is 150 Å². The number of rotatable bonds is 8. The first-order chi connectivity index (χ1) is 12.1. The number of nitrogens with zero attached hydrogens (tertiary/aromatic N) is 2. The van der Waals surface area contributed by atoms with Crippen molar-refractivity contribution in [2.24, 2.45) is 0 Å². The molecule has 0 aromatic carbocycles. The number of fused-ring (bicyclic) bond motifs is 3. The van der Waals surface area contributed by atoms with Crippen LogP contribution in [0.4, 0.5) is 0 Å². The molecule has 1 N–H and O–H groups in total. The fourth-order valence-electron chi connectivity index (χ4n) is 3.18. The van der Waals surface area contributed by atoms with Crippen LogP contribution in [0.15, 0.2) is 4.79 Å². The Balaban J connectivity index is 1.79. The molecule has 2 aromatic rings. The van der Waals surface area contributed by atoms with Gasteiger partial charge in [0.25, 0.3) is 5.56 Å². The maximum absolute atomic E-state index is 12.5. The van der Waals surface area contributed by atoms with E-state index in [1.54, 1.807) is 18.4 Å². The van der Waals surface area contributed by atoms with Gasteiger partial charge in [0.05, 0.1) is 32.1 Å². The summed E-state index contributed by atoms with van der Waals surface area (Å²) >= 11 is 1.63. The molecule has 0 radical (unpaired) electrons. The highest BCUT2D eigenvalue weighted by atomic mass is 32.1. The minimum absolute atomic E-state index is 0.0564. The highest BCUT2D eigenvalue weighted by Crippen LogP contribution is 2.34. The van der Waals surface area contributed by atoms with Crippen molar-refractivity contribution in [3.63, 3.8) is 0 Å². The lowest BCUT2D eigenvalue weighted by Crippen LogP contribution is -2.31. The third-order valence-corrected chi connectivity index (χ3v) is 5.65. The number of aromatic nitrogens is 2. The number of hydrogen-bond acceptors (Lipinski definition) is 7. The van der Waals surface area contributed by atoms with Gasteiger partial charge in [-0.05, 0) is 24.8 Å². The summed E-state index contributed by atoms with van der Waals surface area (Å²) in [6.45, 7) is 2.18. The van der Waals surface area contributed by atoms with Gasteiger partial charge in [-0.15, -0.1) is 11.3 Å². The molecule has 2 aromatic heterocycles. The zero-order valence-electron chi connectivity index (χ0n) is 14.6. The largest absolute Gasteiger partial charge is 0.469 e. The topological polar surface area (TPSA) is 84.5 Å². The number of H-pyrrole nitrogens is 1. The maximum atomic E-state index is 12.5. The number of thiophene rings is 1. The number of esters is 1. The lowest BCUT2D eigenvalue weighted by Gasteiger charge is -2.20. The van der Waals surface area contributed by atoms with E-state index >= 15 is 0 Å². The lowest BCUT2D eigenvalue weighted by molar-refractivity contribution is -0.141. The van der Waals surface area contributed by atoms with E-state index in [4.69, 9.17) is 9.47 Å². The molecule has 0 spiro atoms. The summed E-state index contributed by atoms with van der Waals surface area (Å²) in [6, 6.07) is 0. The molecular weight excluding hydrogens is 342 g/mol. The van der Waals surface area contributed by atoms with E-state index in [-0.39, 0.29) is 11.5 Å². The fraction of sp³-hybridized carbons (Fsp3) is 0.588. The van der Waals surface area contributed by atoms with E-state index in [1.165, 1.54) is 17.6 Å². The lowest BCUT2D eigenvalue weighted by atomic mass is 10.2. The van der Waals surface area contributed by atoms with E-state index < -0.39 is 0 Å². The van der Waals surface area contributed by atoms with Crippen LogP contribution in [-0.4, -0.2) is 54.8 Å². The molecule has 0 saturated carbocycles. The Morgan fingerprint density at radius 1 is 1.32 bits per heavy atom. The number of carbonyl (C=O) groups is 1. The van der Waals surface area contributed by atoms with Crippen molar-refractivity contribution < 1.29 is 14.3 Å². The first-order valence-electron chi connectivity index (χ1n) is 8.44. The van der Waals surface area contributed by atoms with Crippen LogP contribution in [0.2, 0.25) is 0 Å². The van der Waals surface area contributed by atoms with Crippen LogP contribution in [0.25, 0.3) is 10.2 Å². The highest BCUT2D eigenvalue weighted by molar-refractivity contribution is 7.18. The van der Waals surface area contributed by atoms with Gasteiger partial charge in [0.15, 0.2) is 0 Å². The quantitative estimate of drug-likeness (QED) is 0.714. The second-order valence-electron chi connectivity index (χ2n) is 6.15. The Kier molecular flexibility index (Phi) is 5.82. The predicted molar refractivity (Wildman–Crippen MR) is 96.1 cm³/mol. The van der Waals surface area contributed by atoms with Crippen LogP contribution >= 0.6 is 11.3 Å². The summed E-state index contributed by atoms with van der Waals surface area (Å²) in [6.07, 6.45) is 3.43. The molecule has 0 unspecified atom stereocenters. The fourth-order valence-corrected chi connectivity index (χ4v) is 4.46. The van der Waals surface area contributed by atoms with Crippen LogP contribution in [0.3, 0.4) is 0 Å². The summed E-state index contributed by atoms with van der Waals surface area (Å²) in [5.74, 6) is 0.368. The van der Waals surface area contributed by atoms with Crippen molar-refractivity contribution in [3.8, 4) is 0 Å². The van der Waals surface area contributed by atoms with Crippen molar-refractivity contribution >= 4 is 27.5 Å². The number of ether oxygens (including phenoxy) is 2. The molecule has 8 heteroatoms. The Morgan fingerprint density at radius 2 is 2.16 bits per heavy atom. The number of aryl methyl sites for hydroxylation is 2. The Hall–Kier alpha value is -1.77. The molecule has 1 aliphatic rings. The first-order valence-corrected chi connectivity index (χ1v) is 9.25. The zero-order valence-corrected chi connectivity index (χ0v) is 15.4. The summed E-state index contributed by atoms with van der Waals surface area (Å²) in [7, 11) is 3.02. The van der Waals surface area contributed by atoms with Crippen LogP contribution < -0.4 is 5.56 Å². The standard InChI is InChI=1S/C17H23N3O4S/c1-23-9-8-20(7-6-14(21)24-2)10-13-18-16(22)15-11-4-3-5-12(11)25-17(15)19-13/h3-10H2,1-2H3,(H,18,19,22). The second kappa shape index (κ2) is 8.07. The molecule has 7 nitrogen and oxygen atoms in total. The van der Waals surface area contributed by atoms with Crippen LogP contribution in [-0.2, 0) is 33.7 Å². The zero-order chi connectivity index (χ0) is 17.8. The second-order valence-corrected chi connectivity index (χ2v) is 7.23. The summed E-state index contributed by atoms with van der Waals surface area (Å²) in [4.78, 5) is 35.7. The maximum Gasteiger partial charge on any atom is 0.306 e. The van der Waals surface area contributed by atoms with E-state index in [2.05, 4.69) is 9.97 Å². The van der Waals surface area contributed by atoms with Crippen molar-refractivity contribution in [1.29, 1.82) is 0 Å². The number of carbonyl (C=O) groups excluding carboxylic acids is 1. The molecule has 0 saturated heterocycles. The Morgan fingerprint density at radius 3 is 2.92 bits per heavy atom. The van der Waals surface area contributed by atoms with Gasteiger partial charge in [-0.25, -0.2) is 4.98 Å². The molecule has 0 amide bonds. The van der Waals surface area contributed by atoms with Gasteiger partial charge >= 0.3 is 5.97 Å². The van der Waals surface area contributed by atoms with Gasteiger partial charge in [-0.2, -0.15) is 0 Å². The first kappa shape index (κ1) is 18.0. The SMILES string of the molecule is COCCN(CCC(=O)OC)Cc1nc2sc3c(c2c(=O)[nH]1)CCC3. The number of nitrogens with one attached hydrogen (secondary N) is 1. The predicted octanol–water partition coefficient (Wildman–Crippen LogP) is 1.48. The van der Waals surface area contributed by atoms with Crippen molar-refractivity contribution in [1.82, 2.24) is 14.9 Å². The highest BCUT2D eigenvalue weighted by Gasteiger charge is 2.21. The third kappa shape index (κ3) is 4.08. The van der Waals surface area contributed by atoms with Crippen molar-refractivity contribution in [3.05, 3.63) is 26.6 Å². The van der Waals surface area contributed by atoms with E-state index in [1.807, 2.05) is 4.90 Å². The minimum atomic E-state index is -0.256. The van der Waals surface area contributed by atoms with Crippen LogP contribution in [0, 0.1) is 0 Å². The average Bonchev–Trinajstić information content (AvgIpc) is 3.17. The molecule has 0 fully saturated rings. The van der Waals surface area contributed by atoms with Gasteiger partial charge in [-0.3, -0.25) is 14.5 Å². The van der Waals surface area contributed by atoms with Gasteiger partial charge in [0.1, 0.15) is 10.7 Å². The summed E-state index contributed by atoms with van der Waals surface area (Å²) in [5, 5.41) is 0.763. The molecular formula is C17H23N3O4S. The number of aromatic amines is 1. The van der Waals surface area contributed by atoms with Gasteiger partial charge in [-0.1, -0.05) is 0 Å². The van der Waals surface area contributed by atoms with E-state index in [9.17, 15) is 9.59 Å². The Bertz CT molecular complexity index is 814. The number of hydrogen-bond donors (Lipinski definition) is 1. The van der Waals surface area contributed by atoms with Gasteiger partial charge in [0.2, 0.25) is 0 Å². The third-order valence-electron chi connectivity index (χ3n) is 4.47. The molecule has 3 rings (SSSR count). The normalized spacial score (nSPS) is 13.6. The summed E-state index contributed by atoms with van der Waals surface area (Å²) in [5.41, 5.74) is 1.13. The average molecular weight is 365 g/mol. The van der Waals surface area contributed by atoms with Crippen molar-refractivity contribution in [2.75, 3.05) is 33.9 Å². The molecule has 0 aliphatic heterocycles. The summed E-state index contributed by atoms with van der Waals surface area (Å²) < 4.78 is 9.83. The van der Waals surface area contributed by atoms with E-state index in [0.717, 1.165) is 29.5 Å². The smallest absolute Gasteiger partial charge is 0.306 e. The number of methoxy groups -OCH3 is 2. The molecule has 25 heavy (non-hydrogen) atoms. The van der Waals surface area contributed by atoms with Crippen molar-refractivity contribution in [2.45, 2.75) is 32.2 Å². The molecule has 1 aliphatic carbocycles. The van der Waals surface area contributed by atoms with Gasteiger partial charge < -0.3 is 14.5 Å². The minimum Gasteiger partial charge on any atom is -0.469 e. The molecule has 0 atom stereocenters. The monoisotopic (exact) mass is 365 g/mol. The van der Waals surface area contributed by atoms with E-state index in [0.29, 0.717) is 38.5 Å².